The van der Waals surface area contributed by atoms with E-state index in [0.29, 0.717) is 50.5 Å². The van der Waals surface area contributed by atoms with Gasteiger partial charge in [-0.05, 0) is 101 Å². The smallest absolute Gasteiger partial charge is 0.283 e. The third-order valence-electron chi connectivity index (χ3n) is 10.6. The number of methoxy groups -OCH3 is 1. The van der Waals surface area contributed by atoms with Gasteiger partial charge in [-0.15, -0.1) is 0 Å². The lowest BCUT2D eigenvalue weighted by Gasteiger charge is -2.30. The van der Waals surface area contributed by atoms with Crippen LogP contribution >= 0.6 is 11.6 Å². The van der Waals surface area contributed by atoms with Crippen LogP contribution in [0.2, 0.25) is 5.02 Å². The number of rotatable bonds is 12. The number of hydrogen-bond donors (Lipinski definition) is 1. The maximum Gasteiger partial charge on any atom is 0.283 e. The van der Waals surface area contributed by atoms with Gasteiger partial charge in [-0.1, -0.05) is 72.3 Å². The number of nitrogens with one attached hydrogen (secondary N) is 1. The second-order valence-electron chi connectivity index (χ2n) is 14.7. The van der Waals surface area contributed by atoms with Gasteiger partial charge in [-0.2, -0.15) is 13.5 Å². The molecule has 2 amide bonds. The largest absolute Gasteiger partial charge is 0.384 e. The Kier molecular flexibility index (Phi) is 13.6. The van der Waals surface area contributed by atoms with Crippen LogP contribution in [0.25, 0.3) is 0 Å². The highest BCUT2D eigenvalue weighted by Gasteiger charge is 2.30. The number of pyridine rings is 1. The molecule has 12 nitrogen and oxygen atoms in total. The number of nitrogens with zero attached hydrogens (tertiary/aromatic N) is 6. The number of fused-ring (bicyclic) bond motifs is 2. The molecule has 8 rings (SSSR count). The number of ether oxygens (including phenoxy) is 1. The summed E-state index contributed by atoms with van der Waals surface area (Å²) in [6, 6.07) is 36.2. The van der Waals surface area contributed by atoms with Crippen LogP contribution in [0, 0.1) is 0 Å². The summed E-state index contributed by atoms with van der Waals surface area (Å²) in [5.41, 5.74) is 8.74. The molecule has 0 fully saturated rings. The van der Waals surface area contributed by atoms with Gasteiger partial charge >= 0.3 is 0 Å². The molecule has 2 aromatic heterocycles. The summed E-state index contributed by atoms with van der Waals surface area (Å²) >= 11 is 5.91. The van der Waals surface area contributed by atoms with Crippen LogP contribution in [0.1, 0.15) is 50.3 Å². The molecule has 0 radical (unpaired) electrons. The molecule has 0 unspecified atom stereocenters. The summed E-state index contributed by atoms with van der Waals surface area (Å²) in [5.74, 6) is 0.0567. The summed E-state index contributed by atoms with van der Waals surface area (Å²) in [6.07, 6.45) is 5.20. The fourth-order valence-corrected chi connectivity index (χ4v) is 8.78. The zero-order valence-electron chi connectivity index (χ0n) is 33.7. The first-order chi connectivity index (χ1) is 29.1. The van der Waals surface area contributed by atoms with Gasteiger partial charge in [0.1, 0.15) is 5.69 Å². The number of anilines is 2. The standard InChI is InChI=1S/C26H25N5O3S.C20H23ClN2O2/c1-29-15-13-25(28-29)35(33,34)31(18-20-7-3-2-4-8-20)23-11-10-22-19-30(16-12-21(22)17-23)26(32)24-9-5-6-14-27-24;1-25-11-9-20(24)23-10-8-16-12-19(7-4-17(16)14-23)22-13-15-2-5-18(21)6-3-15/h2-11,13-15,17H,12,16,18-19H2,1H3;2-7,12,22H,8-11,13-14H2,1H3. The van der Waals surface area contributed by atoms with Crippen molar-refractivity contribution in [1.82, 2.24) is 24.6 Å². The minimum atomic E-state index is -3.89. The second kappa shape index (κ2) is 19.4. The molecule has 2 aliphatic heterocycles. The van der Waals surface area contributed by atoms with Crippen LogP contribution in [0.3, 0.4) is 0 Å². The number of amides is 2. The minimum Gasteiger partial charge on any atom is -0.384 e. The number of sulfonamides is 1. The third kappa shape index (κ3) is 10.4. The van der Waals surface area contributed by atoms with E-state index >= 15 is 0 Å². The average molecular weight is 846 g/mol. The van der Waals surface area contributed by atoms with Crippen LogP contribution in [0.15, 0.2) is 133 Å². The van der Waals surface area contributed by atoms with Gasteiger partial charge in [-0.3, -0.25) is 23.6 Å². The Morgan fingerprint density at radius 3 is 2.20 bits per heavy atom. The SMILES string of the molecule is COCCC(=O)N1CCc2cc(NCc3ccc(Cl)cc3)ccc2C1.Cn1ccc(S(=O)(=O)N(Cc2ccccc2)c2ccc3c(c2)CCN(C(=O)c2ccccn2)C3)n1. The Balaban J connectivity index is 0.000000192. The Labute approximate surface area is 356 Å². The van der Waals surface area contributed by atoms with E-state index in [9.17, 15) is 18.0 Å². The molecule has 0 saturated carbocycles. The molecule has 14 heteroatoms. The highest BCUT2D eigenvalue weighted by atomic mass is 35.5. The van der Waals surface area contributed by atoms with Crippen molar-refractivity contribution in [1.29, 1.82) is 0 Å². The van der Waals surface area contributed by atoms with Crippen LogP contribution < -0.4 is 9.62 Å². The van der Waals surface area contributed by atoms with Crippen molar-refractivity contribution in [2.45, 2.75) is 50.5 Å². The van der Waals surface area contributed by atoms with Crippen molar-refractivity contribution in [2.24, 2.45) is 7.05 Å². The van der Waals surface area contributed by atoms with Crippen molar-refractivity contribution in [3.63, 3.8) is 0 Å². The molecule has 310 valence electrons. The highest BCUT2D eigenvalue weighted by Crippen LogP contribution is 2.30. The van der Waals surface area contributed by atoms with E-state index < -0.39 is 10.0 Å². The van der Waals surface area contributed by atoms with Gasteiger partial charge < -0.3 is 19.9 Å². The zero-order chi connectivity index (χ0) is 42.1. The fourth-order valence-electron chi connectivity index (χ4n) is 7.26. The van der Waals surface area contributed by atoms with Crippen LogP contribution in [0.4, 0.5) is 11.4 Å². The number of hydrogen-bond acceptors (Lipinski definition) is 8. The first-order valence-corrected chi connectivity index (χ1v) is 21.6. The van der Waals surface area contributed by atoms with Crippen LogP contribution in [-0.4, -0.2) is 71.6 Å². The summed E-state index contributed by atoms with van der Waals surface area (Å²) in [4.78, 5) is 32.9. The maximum absolute atomic E-state index is 13.6. The van der Waals surface area contributed by atoms with Crippen molar-refractivity contribution in [2.75, 3.05) is 36.4 Å². The number of benzene rings is 4. The molecule has 2 aliphatic rings. The Bertz CT molecular complexity index is 2520. The molecule has 4 heterocycles. The molecule has 0 saturated heterocycles. The van der Waals surface area contributed by atoms with Crippen molar-refractivity contribution in [3.8, 4) is 0 Å². The predicted molar refractivity (Wildman–Crippen MR) is 233 cm³/mol. The molecule has 0 atom stereocenters. The molecule has 4 aromatic carbocycles. The van der Waals surface area contributed by atoms with E-state index in [1.807, 2.05) is 71.6 Å². The van der Waals surface area contributed by atoms with E-state index in [1.54, 1.807) is 55.7 Å². The Morgan fingerprint density at radius 1 is 0.800 bits per heavy atom. The molecular formula is C46H48ClN7O5S. The summed E-state index contributed by atoms with van der Waals surface area (Å²) in [6.45, 7) is 3.88. The number of aryl methyl sites for hydroxylation is 1. The van der Waals surface area contributed by atoms with Gasteiger partial charge in [0.2, 0.25) is 5.91 Å². The van der Waals surface area contributed by atoms with Gasteiger partial charge in [0, 0.05) is 70.0 Å². The van der Waals surface area contributed by atoms with Crippen LogP contribution in [0.5, 0.6) is 0 Å². The van der Waals surface area contributed by atoms with Crippen molar-refractivity contribution < 1.29 is 22.7 Å². The van der Waals surface area contributed by atoms with Crippen molar-refractivity contribution in [3.05, 3.63) is 172 Å². The number of aromatic nitrogens is 3. The number of carbonyl (C=O) groups excluding carboxylic acids is 2. The lowest BCUT2D eigenvalue weighted by Crippen LogP contribution is -2.36. The maximum atomic E-state index is 13.6. The van der Waals surface area contributed by atoms with E-state index in [0.717, 1.165) is 46.9 Å². The van der Waals surface area contributed by atoms with Gasteiger partial charge in [0.25, 0.3) is 15.9 Å². The van der Waals surface area contributed by atoms with Gasteiger partial charge in [0.15, 0.2) is 5.03 Å². The Morgan fingerprint density at radius 2 is 1.50 bits per heavy atom. The number of halogens is 1. The van der Waals surface area contributed by atoms with E-state index in [4.69, 9.17) is 16.3 Å². The molecular weight excluding hydrogens is 798 g/mol. The summed E-state index contributed by atoms with van der Waals surface area (Å²) < 4.78 is 35.1. The van der Waals surface area contributed by atoms with E-state index in [-0.39, 0.29) is 23.4 Å². The van der Waals surface area contributed by atoms with Gasteiger partial charge in [-0.25, -0.2) is 0 Å². The number of carbonyl (C=O) groups is 2. The van der Waals surface area contributed by atoms with Crippen molar-refractivity contribution >= 4 is 44.8 Å². The molecule has 0 spiro atoms. The van der Waals surface area contributed by atoms with Crippen LogP contribution in [-0.2, 0) is 65.6 Å². The van der Waals surface area contributed by atoms with Gasteiger partial charge in [0.05, 0.1) is 25.3 Å². The molecule has 60 heavy (non-hydrogen) atoms. The zero-order valence-corrected chi connectivity index (χ0v) is 35.3. The molecule has 0 aliphatic carbocycles. The summed E-state index contributed by atoms with van der Waals surface area (Å²) in [7, 11) is -0.575. The van der Waals surface area contributed by atoms with E-state index in [2.05, 4.69) is 33.6 Å². The second-order valence-corrected chi connectivity index (χ2v) is 17.0. The van der Waals surface area contributed by atoms with E-state index in [1.165, 1.54) is 31.7 Å². The third-order valence-corrected chi connectivity index (χ3v) is 12.5. The Hall–Kier alpha value is -6.02. The lowest BCUT2D eigenvalue weighted by molar-refractivity contribution is -0.133. The lowest BCUT2D eigenvalue weighted by atomic mass is 9.98. The highest BCUT2D eigenvalue weighted by molar-refractivity contribution is 7.92. The topological polar surface area (TPSA) is 130 Å². The first-order valence-electron chi connectivity index (χ1n) is 19.8. The average Bonchev–Trinajstić information content (AvgIpc) is 3.74. The normalized spacial score (nSPS) is 13.4. The predicted octanol–water partition coefficient (Wildman–Crippen LogP) is 7.28. The monoisotopic (exact) mass is 845 g/mol. The first kappa shape index (κ1) is 42.1. The quantitative estimate of drug-likeness (QED) is 0.136. The molecule has 6 aromatic rings. The summed E-state index contributed by atoms with van der Waals surface area (Å²) in [5, 5.41) is 8.36. The molecule has 0 bridgehead atoms. The fraction of sp³-hybridized carbons (Fsp3) is 0.261. The molecule has 1 N–H and O–H groups in total. The minimum absolute atomic E-state index is 0.000727.